The van der Waals surface area contributed by atoms with Gasteiger partial charge in [-0.2, -0.15) is 0 Å². The summed E-state index contributed by atoms with van der Waals surface area (Å²) in [5.74, 6) is 12.4. The number of unbranched alkanes of at least 4 members (excludes halogenated alkanes) is 4. The minimum absolute atomic E-state index is 0.511. The number of aryl methyl sites for hydroxylation is 1. The third-order valence-corrected chi connectivity index (χ3v) is 3.76. The summed E-state index contributed by atoms with van der Waals surface area (Å²) in [5, 5.41) is 0. The van der Waals surface area contributed by atoms with Crippen LogP contribution in [0.25, 0.3) is 0 Å². The molecule has 1 aromatic heterocycles. The first kappa shape index (κ1) is 18.4. The number of ether oxygens (including phenoxy) is 1. The van der Waals surface area contributed by atoms with Crippen LogP contribution < -0.4 is 0 Å². The maximum atomic E-state index is 10.0. The van der Waals surface area contributed by atoms with E-state index in [0.29, 0.717) is 18.8 Å². The van der Waals surface area contributed by atoms with Crippen molar-refractivity contribution < 1.29 is 13.9 Å². The van der Waals surface area contributed by atoms with Crippen LogP contribution in [0.4, 0.5) is 0 Å². The van der Waals surface area contributed by atoms with E-state index in [1.807, 2.05) is 30.3 Å². The highest BCUT2D eigenvalue weighted by Gasteiger charge is 1.99. The topological polar surface area (TPSA) is 39.4 Å². The summed E-state index contributed by atoms with van der Waals surface area (Å²) in [5.41, 5.74) is 2.30. The van der Waals surface area contributed by atoms with Crippen molar-refractivity contribution in [1.29, 1.82) is 0 Å². The summed E-state index contributed by atoms with van der Waals surface area (Å²) >= 11 is 0. The maximum Gasteiger partial charge on any atom is 0.293 e. The highest BCUT2D eigenvalue weighted by atomic mass is 16.5. The molecule has 0 radical (unpaired) electrons. The average Bonchev–Trinajstić information content (AvgIpc) is 3.15. The Morgan fingerprint density at radius 2 is 1.72 bits per heavy atom. The molecule has 0 spiro atoms. The Morgan fingerprint density at radius 3 is 2.56 bits per heavy atom. The van der Waals surface area contributed by atoms with Gasteiger partial charge in [-0.25, -0.2) is 0 Å². The average molecular weight is 334 g/mol. The molecule has 1 aromatic carbocycles. The van der Waals surface area contributed by atoms with Crippen LogP contribution in [0.2, 0.25) is 0 Å². The van der Waals surface area contributed by atoms with E-state index in [1.54, 1.807) is 6.26 Å². The second-order valence-electron chi connectivity index (χ2n) is 5.62. The molecule has 0 amide bonds. The van der Waals surface area contributed by atoms with Crippen LogP contribution in [0.3, 0.4) is 0 Å². The fourth-order valence-electron chi connectivity index (χ4n) is 2.48. The van der Waals surface area contributed by atoms with Crippen molar-refractivity contribution in [3.63, 3.8) is 0 Å². The van der Waals surface area contributed by atoms with Gasteiger partial charge in [-0.1, -0.05) is 43.4 Å². The third kappa shape index (κ3) is 7.46. The van der Waals surface area contributed by atoms with Crippen LogP contribution in [-0.2, 0) is 16.0 Å². The van der Waals surface area contributed by atoms with Crippen molar-refractivity contribution in [2.45, 2.75) is 38.5 Å². The molecule has 2 aromatic rings. The molecule has 0 atom stereocenters. The Labute approximate surface area is 149 Å². The molecule has 0 aliphatic rings. The minimum atomic E-state index is 0.511. The van der Waals surface area contributed by atoms with Crippen molar-refractivity contribution >= 4 is 6.47 Å². The second-order valence-corrected chi connectivity index (χ2v) is 5.62. The van der Waals surface area contributed by atoms with Gasteiger partial charge in [0.15, 0.2) is 5.76 Å². The van der Waals surface area contributed by atoms with Gasteiger partial charge in [-0.05, 0) is 60.8 Å². The molecule has 3 heteroatoms. The predicted molar refractivity (Wildman–Crippen MR) is 97.7 cm³/mol. The first-order valence-corrected chi connectivity index (χ1v) is 8.59. The van der Waals surface area contributed by atoms with E-state index in [2.05, 4.69) is 34.5 Å². The predicted octanol–water partition coefficient (Wildman–Crippen LogP) is 4.35. The summed E-state index contributed by atoms with van der Waals surface area (Å²) < 4.78 is 9.83. The van der Waals surface area contributed by atoms with Gasteiger partial charge >= 0.3 is 0 Å². The highest BCUT2D eigenvalue weighted by molar-refractivity contribution is 5.46. The van der Waals surface area contributed by atoms with Crippen molar-refractivity contribution in [2.75, 3.05) is 6.61 Å². The lowest BCUT2D eigenvalue weighted by atomic mass is 10.0. The lowest BCUT2D eigenvalue weighted by molar-refractivity contribution is -0.128. The van der Waals surface area contributed by atoms with E-state index in [9.17, 15) is 4.79 Å². The van der Waals surface area contributed by atoms with Crippen molar-refractivity contribution in [3.05, 3.63) is 59.5 Å². The molecule has 0 bridgehead atoms. The fraction of sp³-hybridized carbons (Fsp3) is 0.318. The first-order valence-electron chi connectivity index (χ1n) is 8.59. The molecule has 0 saturated heterocycles. The van der Waals surface area contributed by atoms with Gasteiger partial charge in [0.1, 0.15) is 0 Å². The van der Waals surface area contributed by atoms with Crippen LogP contribution >= 0.6 is 0 Å². The molecule has 0 fully saturated rings. The van der Waals surface area contributed by atoms with E-state index < -0.39 is 0 Å². The van der Waals surface area contributed by atoms with Gasteiger partial charge in [0.25, 0.3) is 6.47 Å². The number of benzene rings is 1. The van der Waals surface area contributed by atoms with Gasteiger partial charge in [0.05, 0.1) is 12.9 Å². The summed E-state index contributed by atoms with van der Waals surface area (Å²) in [4.78, 5) is 10.0. The monoisotopic (exact) mass is 334 g/mol. The Bertz CT molecular complexity index is 752. The molecule has 25 heavy (non-hydrogen) atoms. The van der Waals surface area contributed by atoms with Gasteiger partial charge in [-0.3, -0.25) is 4.79 Å². The standard InChI is InChI=1S/C22H22O3/c23-19-24-17-9-3-1-2-4-11-20-12-5-6-13-21(20)14-7-8-15-22-16-10-18-25-22/h5-6,10,12-13,16,18-19H,1-4,9,11,17H2. The van der Waals surface area contributed by atoms with E-state index >= 15 is 0 Å². The lowest BCUT2D eigenvalue weighted by Gasteiger charge is -2.04. The van der Waals surface area contributed by atoms with Gasteiger partial charge < -0.3 is 9.15 Å². The number of hydrogen-bond donors (Lipinski definition) is 0. The van der Waals surface area contributed by atoms with Crippen LogP contribution in [0.1, 0.15) is 49.0 Å². The van der Waals surface area contributed by atoms with Crippen molar-refractivity contribution in [3.8, 4) is 23.7 Å². The van der Waals surface area contributed by atoms with E-state index in [4.69, 9.17) is 4.42 Å². The Hall–Kier alpha value is -2.91. The SMILES string of the molecule is O=COCCCCCCCc1ccccc1C#CC#Cc1ccco1. The Kier molecular flexibility index (Phi) is 8.55. The zero-order valence-electron chi connectivity index (χ0n) is 14.3. The maximum absolute atomic E-state index is 10.0. The minimum Gasteiger partial charge on any atom is -0.468 e. The Morgan fingerprint density at radius 1 is 0.920 bits per heavy atom. The van der Waals surface area contributed by atoms with Gasteiger partial charge in [-0.15, -0.1) is 0 Å². The normalized spacial score (nSPS) is 9.44. The van der Waals surface area contributed by atoms with E-state index in [-0.39, 0.29) is 0 Å². The molecule has 2 rings (SSSR count). The van der Waals surface area contributed by atoms with E-state index in [1.165, 1.54) is 12.0 Å². The van der Waals surface area contributed by atoms with Gasteiger partial charge in [0.2, 0.25) is 0 Å². The zero-order chi connectivity index (χ0) is 17.6. The number of rotatable bonds is 9. The van der Waals surface area contributed by atoms with Crippen molar-refractivity contribution in [2.24, 2.45) is 0 Å². The fourth-order valence-corrected chi connectivity index (χ4v) is 2.48. The molecule has 1 heterocycles. The van der Waals surface area contributed by atoms with Crippen LogP contribution in [0.15, 0.2) is 47.1 Å². The van der Waals surface area contributed by atoms with Crippen LogP contribution in [0.5, 0.6) is 0 Å². The lowest BCUT2D eigenvalue weighted by Crippen LogP contribution is -1.93. The molecular formula is C22H22O3. The number of carbonyl (C=O) groups excluding carboxylic acids is 1. The number of hydrogen-bond acceptors (Lipinski definition) is 3. The summed E-state index contributed by atoms with van der Waals surface area (Å²) in [7, 11) is 0. The summed E-state index contributed by atoms with van der Waals surface area (Å²) in [6.07, 6.45) is 8.10. The van der Waals surface area contributed by atoms with Crippen molar-refractivity contribution in [1.82, 2.24) is 0 Å². The molecular weight excluding hydrogens is 312 g/mol. The molecule has 0 aliphatic heterocycles. The molecule has 128 valence electrons. The number of carbonyl (C=O) groups is 1. The van der Waals surface area contributed by atoms with Gasteiger partial charge in [0, 0.05) is 5.56 Å². The largest absolute Gasteiger partial charge is 0.468 e. The number of furan rings is 1. The molecule has 0 N–H and O–H groups in total. The smallest absolute Gasteiger partial charge is 0.293 e. The summed E-state index contributed by atoms with van der Waals surface area (Å²) in [6.45, 7) is 1.04. The summed E-state index contributed by atoms with van der Waals surface area (Å²) in [6, 6.07) is 11.8. The Balaban J connectivity index is 1.77. The quantitative estimate of drug-likeness (QED) is 0.389. The van der Waals surface area contributed by atoms with Crippen LogP contribution in [0, 0.1) is 23.7 Å². The molecule has 3 nitrogen and oxygen atoms in total. The third-order valence-electron chi connectivity index (χ3n) is 3.76. The highest BCUT2D eigenvalue weighted by Crippen LogP contribution is 2.13. The van der Waals surface area contributed by atoms with Crippen LogP contribution in [-0.4, -0.2) is 13.1 Å². The molecule has 0 saturated carbocycles. The molecule has 0 aliphatic carbocycles. The molecule has 0 unspecified atom stereocenters. The first-order chi connectivity index (χ1) is 12.4. The second kappa shape index (κ2) is 11.6. The van der Waals surface area contributed by atoms with E-state index in [0.717, 1.165) is 37.7 Å². The zero-order valence-corrected chi connectivity index (χ0v) is 14.3.